The van der Waals surface area contributed by atoms with Crippen molar-refractivity contribution in [2.45, 2.75) is 32.2 Å². The molecule has 0 heterocycles. The van der Waals surface area contributed by atoms with E-state index in [2.05, 4.69) is 84.4 Å². The van der Waals surface area contributed by atoms with Crippen LogP contribution < -0.4 is 5.73 Å². The molecule has 106 valence electrons. The molecule has 0 aliphatic rings. The molecule has 0 bridgehead atoms. The molecule has 1 nitrogen and oxygen atoms in total. The zero-order chi connectivity index (χ0) is 14.5. The third-order valence-corrected chi connectivity index (χ3v) is 4.61. The lowest BCUT2D eigenvalue weighted by Gasteiger charge is -2.30. The van der Waals surface area contributed by atoms with Crippen molar-refractivity contribution in [3.63, 3.8) is 0 Å². The molecule has 2 N–H and O–H groups in total. The molecule has 0 spiro atoms. The Hall–Kier alpha value is -1.12. The molecule has 0 aromatic heterocycles. The van der Waals surface area contributed by atoms with Crippen LogP contribution in [0.15, 0.2) is 59.1 Å². The van der Waals surface area contributed by atoms with Gasteiger partial charge in [-0.05, 0) is 29.2 Å². The van der Waals surface area contributed by atoms with Crippen LogP contribution in [-0.2, 0) is 0 Å². The lowest BCUT2D eigenvalue weighted by molar-refractivity contribution is 0.388. The number of halogens is 1. The van der Waals surface area contributed by atoms with Crippen LogP contribution in [0.1, 0.15) is 43.4 Å². The van der Waals surface area contributed by atoms with E-state index in [-0.39, 0.29) is 6.04 Å². The maximum atomic E-state index is 6.58. The van der Waals surface area contributed by atoms with Crippen molar-refractivity contribution in [2.24, 2.45) is 11.7 Å². The molecule has 3 unspecified atom stereocenters. The zero-order valence-corrected chi connectivity index (χ0v) is 13.7. The Bertz CT molecular complexity index is 521. The van der Waals surface area contributed by atoms with Gasteiger partial charge in [0, 0.05) is 16.4 Å². The molecule has 2 aromatic rings. The second-order valence-electron chi connectivity index (χ2n) is 5.40. The second-order valence-corrected chi connectivity index (χ2v) is 6.32. The number of hydrogen-bond donors (Lipinski definition) is 1. The fourth-order valence-corrected chi connectivity index (χ4v) is 2.98. The molecular formula is C18H22BrN. The van der Waals surface area contributed by atoms with Gasteiger partial charge in [-0.3, -0.25) is 0 Å². The highest BCUT2D eigenvalue weighted by atomic mass is 79.9. The average molecular weight is 332 g/mol. The standard InChI is InChI=1S/C18H22BrN/c1-3-13(2)17(14-7-5-4-6-8-14)18(20)15-9-11-16(19)12-10-15/h4-13,17-18H,3,20H2,1-2H3. The summed E-state index contributed by atoms with van der Waals surface area (Å²) < 4.78 is 1.09. The highest BCUT2D eigenvalue weighted by Crippen LogP contribution is 2.37. The summed E-state index contributed by atoms with van der Waals surface area (Å²) in [6.45, 7) is 4.52. The van der Waals surface area contributed by atoms with E-state index < -0.39 is 0 Å². The van der Waals surface area contributed by atoms with E-state index in [1.807, 2.05) is 0 Å². The molecule has 3 atom stereocenters. The summed E-state index contributed by atoms with van der Waals surface area (Å²) >= 11 is 3.48. The molecule has 0 amide bonds. The normalized spacial score (nSPS) is 15.6. The van der Waals surface area contributed by atoms with E-state index in [4.69, 9.17) is 5.73 Å². The van der Waals surface area contributed by atoms with Gasteiger partial charge in [0.2, 0.25) is 0 Å². The van der Waals surface area contributed by atoms with Gasteiger partial charge in [-0.1, -0.05) is 78.7 Å². The van der Waals surface area contributed by atoms with Crippen molar-refractivity contribution < 1.29 is 0 Å². The lowest BCUT2D eigenvalue weighted by atomic mass is 9.78. The van der Waals surface area contributed by atoms with Crippen LogP contribution in [-0.4, -0.2) is 0 Å². The van der Waals surface area contributed by atoms with Crippen molar-refractivity contribution in [1.29, 1.82) is 0 Å². The Morgan fingerprint density at radius 3 is 2.10 bits per heavy atom. The largest absolute Gasteiger partial charge is 0.323 e. The Morgan fingerprint density at radius 1 is 0.950 bits per heavy atom. The first-order valence-corrected chi connectivity index (χ1v) is 7.98. The van der Waals surface area contributed by atoms with E-state index in [1.54, 1.807) is 0 Å². The second kappa shape index (κ2) is 7.05. The average Bonchev–Trinajstić information content (AvgIpc) is 2.49. The summed E-state index contributed by atoms with van der Waals surface area (Å²) in [5, 5.41) is 0. The minimum absolute atomic E-state index is 0.0282. The molecular weight excluding hydrogens is 310 g/mol. The Balaban J connectivity index is 2.34. The summed E-state index contributed by atoms with van der Waals surface area (Å²) in [7, 11) is 0. The van der Waals surface area contributed by atoms with Gasteiger partial charge in [-0.15, -0.1) is 0 Å². The van der Waals surface area contributed by atoms with Gasteiger partial charge in [0.05, 0.1) is 0 Å². The van der Waals surface area contributed by atoms with Crippen molar-refractivity contribution in [3.05, 3.63) is 70.2 Å². The minimum atomic E-state index is 0.0282. The quantitative estimate of drug-likeness (QED) is 0.792. The van der Waals surface area contributed by atoms with Crippen molar-refractivity contribution in [2.75, 3.05) is 0 Å². The number of hydrogen-bond acceptors (Lipinski definition) is 1. The molecule has 0 aliphatic carbocycles. The number of rotatable bonds is 5. The fourth-order valence-electron chi connectivity index (χ4n) is 2.71. The summed E-state index contributed by atoms with van der Waals surface area (Å²) in [6, 6.07) is 19.0. The summed E-state index contributed by atoms with van der Waals surface area (Å²) in [5.41, 5.74) is 9.11. The first-order valence-electron chi connectivity index (χ1n) is 7.19. The SMILES string of the molecule is CCC(C)C(c1ccccc1)C(N)c1ccc(Br)cc1. The molecule has 2 heteroatoms. The molecule has 0 radical (unpaired) electrons. The maximum Gasteiger partial charge on any atom is 0.0367 e. The molecule has 0 saturated carbocycles. The molecule has 0 fully saturated rings. The van der Waals surface area contributed by atoms with Gasteiger partial charge < -0.3 is 5.73 Å². The first kappa shape index (κ1) is 15.3. The number of nitrogens with two attached hydrogens (primary N) is 1. The molecule has 2 aromatic carbocycles. The van der Waals surface area contributed by atoms with Crippen LogP contribution in [0.2, 0.25) is 0 Å². The van der Waals surface area contributed by atoms with Gasteiger partial charge in [0.1, 0.15) is 0 Å². The van der Waals surface area contributed by atoms with Crippen LogP contribution in [0.4, 0.5) is 0 Å². The topological polar surface area (TPSA) is 26.0 Å². The third-order valence-electron chi connectivity index (χ3n) is 4.08. The van der Waals surface area contributed by atoms with E-state index in [0.29, 0.717) is 11.8 Å². The summed E-state index contributed by atoms with van der Waals surface area (Å²) in [5.74, 6) is 0.901. The summed E-state index contributed by atoms with van der Waals surface area (Å²) in [4.78, 5) is 0. The predicted molar refractivity (Wildman–Crippen MR) is 89.7 cm³/mol. The number of benzene rings is 2. The summed E-state index contributed by atoms with van der Waals surface area (Å²) in [6.07, 6.45) is 1.13. The van der Waals surface area contributed by atoms with Crippen molar-refractivity contribution >= 4 is 15.9 Å². The smallest absolute Gasteiger partial charge is 0.0367 e. The van der Waals surface area contributed by atoms with Crippen molar-refractivity contribution in [3.8, 4) is 0 Å². The monoisotopic (exact) mass is 331 g/mol. The van der Waals surface area contributed by atoms with Gasteiger partial charge in [0.15, 0.2) is 0 Å². The van der Waals surface area contributed by atoms with Crippen LogP contribution >= 0.6 is 15.9 Å². The predicted octanol–water partition coefficient (Wildman–Crippen LogP) is 5.28. The first-order chi connectivity index (χ1) is 9.63. The van der Waals surface area contributed by atoms with Crippen molar-refractivity contribution in [1.82, 2.24) is 0 Å². The van der Waals surface area contributed by atoms with E-state index >= 15 is 0 Å². The fraction of sp³-hybridized carbons (Fsp3) is 0.333. The third kappa shape index (κ3) is 3.50. The van der Waals surface area contributed by atoms with Gasteiger partial charge >= 0.3 is 0 Å². The molecule has 2 rings (SSSR count). The lowest BCUT2D eigenvalue weighted by Crippen LogP contribution is -2.24. The van der Waals surface area contributed by atoms with Crippen LogP contribution in [0.5, 0.6) is 0 Å². The van der Waals surface area contributed by atoms with Gasteiger partial charge in [-0.2, -0.15) is 0 Å². The maximum absolute atomic E-state index is 6.58. The molecule has 0 saturated heterocycles. The van der Waals surface area contributed by atoms with Crippen LogP contribution in [0.25, 0.3) is 0 Å². The van der Waals surface area contributed by atoms with E-state index in [9.17, 15) is 0 Å². The van der Waals surface area contributed by atoms with Gasteiger partial charge in [0.25, 0.3) is 0 Å². The molecule has 0 aliphatic heterocycles. The highest BCUT2D eigenvalue weighted by molar-refractivity contribution is 9.10. The van der Waals surface area contributed by atoms with Gasteiger partial charge in [-0.25, -0.2) is 0 Å². The molecule has 20 heavy (non-hydrogen) atoms. The van der Waals surface area contributed by atoms with E-state index in [0.717, 1.165) is 10.9 Å². The van der Waals surface area contributed by atoms with Crippen LogP contribution in [0.3, 0.4) is 0 Å². The Kier molecular flexibility index (Phi) is 5.38. The van der Waals surface area contributed by atoms with E-state index in [1.165, 1.54) is 11.1 Å². The Morgan fingerprint density at radius 2 is 1.55 bits per heavy atom. The minimum Gasteiger partial charge on any atom is -0.323 e. The van der Waals surface area contributed by atoms with Crippen LogP contribution in [0, 0.1) is 5.92 Å². The highest BCUT2D eigenvalue weighted by Gasteiger charge is 2.25. The zero-order valence-electron chi connectivity index (χ0n) is 12.1. The Labute approximate surface area is 130 Å².